The van der Waals surface area contributed by atoms with Gasteiger partial charge in [-0.3, -0.25) is 4.90 Å². The highest BCUT2D eigenvalue weighted by molar-refractivity contribution is 6.42. The molecule has 6 nitrogen and oxygen atoms in total. The Balaban J connectivity index is 1.22. The van der Waals surface area contributed by atoms with Gasteiger partial charge in [0.05, 0.1) is 22.2 Å². The molecule has 2 aromatic carbocycles. The van der Waals surface area contributed by atoms with Gasteiger partial charge >= 0.3 is 0 Å². The molecule has 0 aliphatic carbocycles. The minimum atomic E-state index is -0.858. The molecule has 3 aromatic rings. The lowest BCUT2D eigenvalue weighted by atomic mass is 9.96. The molecule has 0 unspecified atom stereocenters. The van der Waals surface area contributed by atoms with Crippen LogP contribution in [0, 0.1) is 0 Å². The summed E-state index contributed by atoms with van der Waals surface area (Å²) in [4.78, 5) is 6.81. The highest BCUT2D eigenvalue weighted by Crippen LogP contribution is 2.29. The normalized spacial score (nSPS) is 18.8. The minimum Gasteiger partial charge on any atom is -0.492 e. The molecule has 8 heteroatoms. The zero-order valence-corrected chi connectivity index (χ0v) is 22.5. The van der Waals surface area contributed by atoms with E-state index < -0.39 is 5.60 Å². The van der Waals surface area contributed by atoms with Gasteiger partial charge in [0.1, 0.15) is 30.5 Å². The molecule has 1 fully saturated rings. The zero-order valence-electron chi connectivity index (χ0n) is 21.0. The summed E-state index contributed by atoms with van der Waals surface area (Å²) in [5.41, 5.74) is 0.375. The number of likely N-dealkylation sites (tertiary alicyclic amines) is 1. The van der Waals surface area contributed by atoms with Gasteiger partial charge in [-0.05, 0) is 55.6 Å². The fourth-order valence-corrected chi connectivity index (χ4v) is 4.83. The topological polar surface area (TPSA) is 59.8 Å². The van der Waals surface area contributed by atoms with Crippen LogP contribution < -0.4 is 9.47 Å². The predicted octanol–water partition coefficient (Wildman–Crippen LogP) is 6.19. The van der Waals surface area contributed by atoms with Crippen molar-refractivity contribution >= 4 is 23.2 Å². The number of benzene rings is 2. The molecule has 0 amide bonds. The van der Waals surface area contributed by atoms with E-state index in [1.807, 2.05) is 24.5 Å². The third-order valence-electron chi connectivity index (χ3n) is 6.60. The van der Waals surface area contributed by atoms with Gasteiger partial charge in [-0.25, -0.2) is 4.98 Å². The molecule has 4 rings (SSSR count). The molecule has 1 saturated heterocycles. The summed E-state index contributed by atoms with van der Waals surface area (Å²) in [5, 5.41) is 12.1. The van der Waals surface area contributed by atoms with Gasteiger partial charge in [0, 0.05) is 37.5 Å². The molecule has 1 aliphatic rings. The molecule has 36 heavy (non-hydrogen) atoms. The van der Waals surface area contributed by atoms with Crippen LogP contribution in [0.15, 0.2) is 54.9 Å². The Hall–Kier alpha value is -2.25. The van der Waals surface area contributed by atoms with Crippen LogP contribution in [0.25, 0.3) is 0 Å². The second-order valence-electron chi connectivity index (χ2n) is 9.84. The van der Waals surface area contributed by atoms with Crippen molar-refractivity contribution in [1.82, 2.24) is 14.5 Å². The van der Waals surface area contributed by atoms with Crippen LogP contribution in [0.2, 0.25) is 10.0 Å². The molecule has 1 aromatic heterocycles. The number of nitrogens with zero attached hydrogens (tertiary/aromatic N) is 3. The quantitative estimate of drug-likeness (QED) is 0.338. The van der Waals surface area contributed by atoms with Crippen LogP contribution in [0.5, 0.6) is 11.5 Å². The van der Waals surface area contributed by atoms with Gasteiger partial charge in [-0.15, -0.1) is 0 Å². The summed E-state index contributed by atoms with van der Waals surface area (Å²) >= 11 is 12.0. The fourth-order valence-electron chi connectivity index (χ4n) is 4.54. The Morgan fingerprint density at radius 3 is 2.53 bits per heavy atom. The van der Waals surface area contributed by atoms with E-state index in [0.717, 1.165) is 44.2 Å². The number of hydrogen-bond acceptors (Lipinski definition) is 5. The van der Waals surface area contributed by atoms with Crippen LogP contribution in [0.4, 0.5) is 0 Å². The van der Waals surface area contributed by atoms with Gasteiger partial charge in [0.15, 0.2) is 0 Å². The Bertz CT molecular complexity index is 1120. The average Bonchev–Trinajstić information content (AvgIpc) is 3.25. The standard InChI is InChI=1S/C28H35Cl2N3O3/c1-21(2)27-31-12-15-33(27)16-17-35-23-6-4-22(5-7-23)19-32-13-3-10-28(34,11-14-32)20-36-24-8-9-25(29)26(30)18-24/h4-9,12,15,18,21,34H,3,10-11,13-14,16-17,19-20H2,1-2H3/t28-/m1/s1. The van der Waals surface area contributed by atoms with Gasteiger partial charge < -0.3 is 19.1 Å². The summed E-state index contributed by atoms with van der Waals surface area (Å²) in [6.45, 7) is 8.51. The lowest BCUT2D eigenvalue weighted by Crippen LogP contribution is -2.37. The minimum absolute atomic E-state index is 0.239. The van der Waals surface area contributed by atoms with Crippen molar-refractivity contribution in [3.63, 3.8) is 0 Å². The SMILES string of the molecule is CC(C)c1nccn1CCOc1ccc(CN2CCC[C@](O)(COc3ccc(Cl)c(Cl)c3)CC2)cc1. The molecule has 194 valence electrons. The van der Waals surface area contributed by atoms with E-state index >= 15 is 0 Å². The van der Waals surface area contributed by atoms with Gasteiger partial charge in [-0.2, -0.15) is 0 Å². The molecule has 0 saturated carbocycles. The smallest absolute Gasteiger partial charge is 0.121 e. The van der Waals surface area contributed by atoms with E-state index in [-0.39, 0.29) is 6.61 Å². The first-order valence-corrected chi connectivity index (χ1v) is 13.3. The highest BCUT2D eigenvalue weighted by atomic mass is 35.5. The molecule has 0 radical (unpaired) electrons. The second-order valence-corrected chi connectivity index (χ2v) is 10.7. The van der Waals surface area contributed by atoms with Crippen molar-refractivity contribution in [2.24, 2.45) is 0 Å². The maximum absolute atomic E-state index is 11.1. The van der Waals surface area contributed by atoms with Crippen molar-refractivity contribution in [2.75, 3.05) is 26.3 Å². The number of aromatic nitrogens is 2. The van der Waals surface area contributed by atoms with E-state index in [1.165, 1.54) is 5.56 Å². The number of imidazole rings is 1. The number of aliphatic hydroxyl groups is 1. The first kappa shape index (κ1) is 26.8. The van der Waals surface area contributed by atoms with Gasteiger partial charge in [-0.1, -0.05) is 49.2 Å². The Morgan fingerprint density at radius 1 is 1.00 bits per heavy atom. The number of hydrogen-bond donors (Lipinski definition) is 1. The molecular weight excluding hydrogens is 497 g/mol. The molecule has 1 atom stereocenters. The van der Waals surface area contributed by atoms with Gasteiger partial charge in [0.25, 0.3) is 0 Å². The number of halogens is 2. The average molecular weight is 533 g/mol. The highest BCUT2D eigenvalue weighted by Gasteiger charge is 2.31. The van der Waals surface area contributed by atoms with Gasteiger partial charge in [0.2, 0.25) is 0 Å². The molecule has 2 heterocycles. The summed E-state index contributed by atoms with van der Waals surface area (Å²) in [6.07, 6.45) is 6.12. The van der Waals surface area contributed by atoms with Crippen LogP contribution in [0.3, 0.4) is 0 Å². The lowest BCUT2D eigenvalue weighted by Gasteiger charge is -2.27. The maximum Gasteiger partial charge on any atom is 0.121 e. The van der Waals surface area contributed by atoms with Crippen molar-refractivity contribution in [1.29, 1.82) is 0 Å². The van der Waals surface area contributed by atoms with Crippen LogP contribution >= 0.6 is 23.2 Å². The fraction of sp³-hybridized carbons (Fsp3) is 0.464. The first-order chi connectivity index (χ1) is 17.3. The first-order valence-electron chi connectivity index (χ1n) is 12.6. The number of rotatable bonds is 10. The molecular formula is C28H35Cl2N3O3. The molecule has 1 aliphatic heterocycles. The van der Waals surface area contributed by atoms with E-state index in [0.29, 0.717) is 41.2 Å². The van der Waals surface area contributed by atoms with Crippen molar-refractivity contribution in [3.8, 4) is 11.5 Å². The zero-order chi connectivity index (χ0) is 25.5. The monoisotopic (exact) mass is 531 g/mol. The molecule has 0 spiro atoms. The lowest BCUT2D eigenvalue weighted by molar-refractivity contribution is -0.0168. The van der Waals surface area contributed by atoms with E-state index in [1.54, 1.807) is 18.2 Å². The largest absolute Gasteiger partial charge is 0.492 e. The Morgan fingerprint density at radius 2 is 1.78 bits per heavy atom. The van der Waals surface area contributed by atoms with Crippen molar-refractivity contribution in [2.45, 2.75) is 57.7 Å². The maximum atomic E-state index is 11.1. The van der Waals surface area contributed by atoms with Crippen molar-refractivity contribution < 1.29 is 14.6 Å². The van der Waals surface area contributed by atoms with E-state index in [4.69, 9.17) is 32.7 Å². The Kier molecular flexibility index (Phi) is 9.18. The molecule has 0 bridgehead atoms. The second kappa shape index (κ2) is 12.3. The number of ether oxygens (including phenoxy) is 2. The van der Waals surface area contributed by atoms with E-state index in [2.05, 4.69) is 40.4 Å². The van der Waals surface area contributed by atoms with Crippen LogP contribution in [0.1, 0.15) is 50.4 Å². The van der Waals surface area contributed by atoms with E-state index in [9.17, 15) is 5.11 Å². The van der Waals surface area contributed by atoms with Crippen molar-refractivity contribution in [3.05, 3.63) is 76.3 Å². The summed E-state index contributed by atoms with van der Waals surface area (Å²) in [7, 11) is 0. The van der Waals surface area contributed by atoms with Crippen LogP contribution in [-0.4, -0.2) is 51.5 Å². The summed E-state index contributed by atoms with van der Waals surface area (Å²) < 4.78 is 14.0. The predicted molar refractivity (Wildman–Crippen MR) is 144 cm³/mol. The molecule has 1 N–H and O–H groups in total. The third-order valence-corrected chi connectivity index (χ3v) is 7.34. The van der Waals surface area contributed by atoms with Crippen LogP contribution in [-0.2, 0) is 13.1 Å². The summed E-state index contributed by atoms with van der Waals surface area (Å²) in [6, 6.07) is 13.5. The summed E-state index contributed by atoms with van der Waals surface area (Å²) in [5.74, 6) is 2.96. The Labute approximate surface area is 223 Å². The third kappa shape index (κ3) is 7.39.